The number of carbonyl (C=O) groups excluding carboxylic acids is 2. The third kappa shape index (κ3) is 3.39. The molecule has 1 aliphatic heterocycles. The summed E-state index contributed by atoms with van der Waals surface area (Å²) in [6, 6.07) is 9.35. The monoisotopic (exact) mass is 379 g/mol. The molecule has 28 heavy (non-hydrogen) atoms. The van der Waals surface area contributed by atoms with Crippen LogP contribution in [0.15, 0.2) is 24.3 Å². The molecule has 0 spiro atoms. The van der Waals surface area contributed by atoms with Crippen LogP contribution in [0.1, 0.15) is 56.6 Å². The van der Waals surface area contributed by atoms with Crippen molar-refractivity contribution >= 4 is 11.7 Å². The van der Waals surface area contributed by atoms with E-state index in [9.17, 15) is 9.59 Å². The number of ketones is 1. The largest absolute Gasteiger partial charge is 0.355 e. The van der Waals surface area contributed by atoms with E-state index in [1.807, 2.05) is 18.7 Å². The number of hydrogen-bond acceptors (Lipinski definition) is 3. The van der Waals surface area contributed by atoms with Gasteiger partial charge in [0.1, 0.15) is 0 Å². The molecule has 5 heteroatoms. The minimum absolute atomic E-state index is 0.0259. The Labute approximate surface area is 166 Å². The molecule has 4 rings (SSSR count). The van der Waals surface area contributed by atoms with Gasteiger partial charge in [0.25, 0.3) is 5.91 Å². The number of aromatic amines is 1. The number of Topliss-reactive ketones (excluding diaryl/α,β-unsaturated/α-hetero) is 1. The summed E-state index contributed by atoms with van der Waals surface area (Å²) >= 11 is 0. The molecule has 5 nitrogen and oxygen atoms in total. The van der Waals surface area contributed by atoms with Crippen molar-refractivity contribution in [1.29, 1.82) is 0 Å². The van der Waals surface area contributed by atoms with Gasteiger partial charge in [0.15, 0.2) is 5.78 Å². The normalized spacial score (nSPS) is 20.1. The number of aryl methyl sites for hydroxylation is 2. The fourth-order valence-electron chi connectivity index (χ4n) is 4.86. The van der Waals surface area contributed by atoms with Crippen LogP contribution >= 0.6 is 0 Å². The third-order valence-electron chi connectivity index (χ3n) is 6.44. The van der Waals surface area contributed by atoms with Crippen molar-refractivity contribution in [1.82, 2.24) is 14.8 Å². The van der Waals surface area contributed by atoms with Crippen molar-refractivity contribution in [3.05, 3.63) is 57.9 Å². The van der Waals surface area contributed by atoms with Gasteiger partial charge in [0.05, 0.1) is 11.3 Å². The smallest absolute Gasteiger partial charge is 0.256 e. The summed E-state index contributed by atoms with van der Waals surface area (Å²) in [4.78, 5) is 32.5. The Kier molecular flexibility index (Phi) is 5.11. The van der Waals surface area contributed by atoms with Gasteiger partial charge < -0.3 is 9.88 Å². The Morgan fingerprint density at radius 1 is 1.04 bits per heavy atom. The molecule has 2 aliphatic rings. The molecule has 1 fully saturated rings. The maximum absolute atomic E-state index is 13.1. The molecule has 1 saturated heterocycles. The SMILES string of the molecule is CC(=O)c1[nH]c(C)c(C(=O)N2CCN([C@@H]3CCc4ccccc4C3)CC2)c1C. The quantitative estimate of drug-likeness (QED) is 0.834. The van der Waals surface area contributed by atoms with Crippen LogP contribution in [-0.2, 0) is 12.8 Å². The summed E-state index contributed by atoms with van der Waals surface area (Å²) in [6.07, 6.45) is 3.46. The maximum Gasteiger partial charge on any atom is 0.256 e. The van der Waals surface area contributed by atoms with Crippen LogP contribution in [-0.4, -0.2) is 58.7 Å². The summed E-state index contributed by atoms with van der Waals surface area (Å²) < 4.78 is 0. The van der Waals surface area contributed by atoms with E-state index in [4.69, 9.17) is 0 Å². The van der Waals surface area contributed by atoms with Gasteiger partial charge in [0, 0.05) is 44.8 Å². The number of H-pyrrole nitrogens is 1. The number of fused-ring (bicyclic) bond motifs is 1. The number of carbonyl (C=O) groups is 2. The second-order valence-electron chi connectivity index (χ2n) is 8.17. The van der Waals surface area contributed by atoms with Gasteiger partial charge in [0.2, 0.25) is 0 Å². The molecule has 1 aromatic carbocycles. The number of rotatable bonds is 3. The van der Waals surface area contributed by atoms with E-state index in [1.165, 1.54) is 24.5 Å². The molecule has 2 aromatic rings. The number of amides is 1. The van der Waals surface area contributed by atoms with Crippen molar-refractivity contribution in [2.24, 2.45) is 0 Å². The highest BCUT2D eigenvalue weighted by Crippen LogP contribution is 2.26. The van der Waals surface area contributed by atoms with Gasteiger partial charge in [-0.05, 0) is 49.8 Å². The molecule has 1 N–H and O–H groups in total. The highest BCUT2D eigenvalue weighted by atomic mass is 16.2. The molecular weight excluding hydrogens is 350 g/mol. The zero-order chi connectivity index (χ0) is 19.8. The summed E-state index contributed by atoms with van der Waals surface area (Å²) in [5, 5.41) is 0. The molecule has 0 saturated carbocycles. The molecule has 1 atom stereocenters. The van der Waals surface area contributed by atoms with E-state index in [0.29, 0.717) is 17.3 Å². The van der Waals surface area contributed by atoms with Crippen molar-refractivity contribution in [2.45, 2.75) is 46.1 Å². The standard InChI is InChI=1S/C23H29N3O2/c1-15-21(16(2)24-22(15)17(3)27)23(28)26-12-10-25(11-13-26)20-9-8-18-6-4-5-7-19(18)14-20/h4-7,20,24H,8-14H2,1-3H3/t20-/m1/s1. The second-order valence-corrected chi connectivity index (χ2v) is 8.17. The van der Waals surface area contributed by atoms with Gasteiger partial charge in [-0.25, -0.2) is 0 Å². The number of aromatic nitrogens is 1. The van der Waals surface area contributed by atoms with Gasteiger partial charge in [-0.1, -0.05) is 24.3 Å². The highest BCUT2D eigenvalue weighted by Gasteiger charge is 2.31. The Balaban J connectivity index is 1.41. The molecule has 0 bridgehead atoms. The summed E-state index contributed by atoms with van der Waals surface area (Å²) in [5.41, 5.74) is 5.77. The molecule has 148 valence electrons. The van der Waals surface area contributed by atoms with Gasteiger partial charge >= 0.3 is 0 Å². The lowest BCUT2D eigenvalue weighted by Gasteiger charge is -2.41. The van der Waals surface area contributed by atoms with E-state index in [0.717, 1.165) is 50.3 Å². The lowest BCUT2D eigenvalue weighted by molar-refractivity contribution is 0.0552. The fourth-order valence-corrected chi connectivity index (χ4v) is 4.86. The lowest BCUT2D eigenvalue weighted by atomic mass is 9.87. The molecule has 0 unspecified atom stereocenters. The van der Waals surface area contributed by atoms with Crippen LogP contribution in [0.4, 0.5) is 0 Å². The van der Waals surface area contributed by atoms with Crippen LogP contribution in [0.2, 0.25) is 0 Å². The Morgan fingerprint density at radius 2 is 1.71 bits per heavy atom. The van der Waals surface area contributed by atoms with Crippen LogP contribution in [0.5, 0.6) is 0 Å². The van der Waals surface area contributed by atoms with Crippen LogP contribution < -0.4 is 0 Å². The number of hydrogen-bond donors (Lipinski definition) is 1. The molecule has 0 radical (unpaired) electrons. The minimum atomic E-state index is -0.0259. The lowest BCUT2D eigenvalue weighted by Crippen LogP contribution is -2.53. The predicted octanol–water partition coefficient (Wildman–Crippen LogP) is 3.15. The number of nitrogens with one attached hydrogen (secondary N) is 1. The Morgan fingerprint density at radius 3 is 2.36 bits per heavy atom. The molecule has 1 aromatic heterocycles. The Bertz CT molecular complexity index is 907. The van der Waals surface area contributed by atoms with E-state index in [1.54, 1.807) is 0 Å². The average molecular weight is 380 g/mol. The first-order valence-corrected chi connectivity index (χ1v) is 10.3. The molecule has 1 amide bonds. The number of benzene rings is 1. The van der Waals surface area contributed by atoms with Crippen molar-refractivity contribution in [3.8, 4) is 0 Å². The fraction of sp³-hybridized carbons (Fsp3) is 0.478. The number of nitrogens with zero attached hydrogens (tertiary/aromatic N) is 2. The van der Waals surface area contributed by atoms with E-state index >= 15 is 0 Å². The molecule has 2 heterocycles. The Hall–Kier alpha value is -2.40. The zero-order valence-corrected chi connectivity index (χ0v) is 17.0. The predicted molar refractivity (Wildman–Crippen MR) is 110 cm³/mol. The van der Waals surface area contributed by atoms with Crippen molar-refractivity contribution < 1.29 is 9.59 Å². The zero-order valence-electron chi connectivity index (χ0n) is 17.0. The topological polar surface area (TPSA) is 56.4 Å². The first-order chi connectivity index (χ1) is 13.5. The van der Waals surface area contributed by atoms with Crippen LogP contribution in [0, 0.1) is 13.8 Å². The van der Waals surface area contributed by atoms with E-state index in [2.05, 4.69) is 34.1 Å². The van der Waals surface area contributed by atoms with Crippen LogP contribution in [0.25, 0.3) is 0 Å². The van der Waals surface area contributed by atoms with Crippen LogP contribution in [0.3, 0.4) is 0 Å². The van der Waals surface area contributed by atoms with E-state index < -0.39 is 0 Å². The minimum Gasteiger partial charge on any atom is -0.355 e. The summed E-state index contributed by atoms with van der Waals surface area (Å²) in [7, 11) is 0. The first-order valence-electron chi connectivity index (χ1n) is 10.3. The third-order valence-corrected chi connectivity index (χ3v) is 6.44. The maximum atomic E-state index is 13.1. The van der Waals surface area contributed by atoms with Gasteiger partial charge in [-0.2, -0.15) is 0 Å². The molecular formula is C23H29N3O2. The van der Waals surface area contributed by atoms with E-state index in [-0.39, 0.29) is 11.7 Å². The summed E-state index contributed by atoms with van der Waals surface area (Å²) in [6.45, 7) is 8.60. The second kappa shape index (κ2) is 7.55. The summed E-state index contributed by atoms with van der Waals surface area (Å²) in [5.74, 6) is 0.0226. The van der Waals surface area contributed by atoms with Crippen molar-refractivity contribution in [3.63, 3.8) is 0 Å². The van der Waals surface area contributed by atoms with Gasteiger partial charge in [-0.3, -0.25) is 14.5 Å². The first kappa shape index (κ1) is 18.9. The van der Waals surface area contributed by atoms with Gasteiger partial charge in [-0.15, -0.1) is 0 Å². The average Bonchev–Trinajstić information content (AvgIpc) is 3.01. The number of piperazine rings is 1. The molecule has 1 aliphatic carbocycles. The van der Waals surface area contributed by atoms with Crippen molar-refractivity contribution in [2.75, 3.05) is 26.2 Å². The highest BCUT2D eigenvalue weighted by molar-refractivity contribution is 6.02.